The third kappa shape index (κ3) is 3.10. The second-order valence-electron chi connectivity index (χ2n) is 4.28. The number of nitrogens with zero attached hydrogens (tertiary/aromatic N) is 3. The van der Waals surface area contributed by atoms with Gasteiger partial charge in [0.1, 0.15) is 12.1 Å². The molecule has 1 aromatic rings. The van der Waals surface area contributed by atoms with Gasteiger partial charge in [0.25, 0.3) is 0 Å². The first-order valence-corrected chi connectivity index (χ1v) is 7.28. The van der Waals surface area contributed by atoms with Crippen LogP contribution in [0, 0.1) is 0 Å². The Morgan fingerprint density at radius 3 is 3.18 bits per heavy atom. The van der Waals surface area contributed by atoms with Crippen molar-refractivity contribution < 1.29 is 0 Å². The third-order valence-corrected chi connectivity index (χ3v) is 4.26. The lowest BCUT2D eigenvalue weighted by Crippen LogP contribution is -2.33. The van der Waals surface area contributed by atoms with Crippen LogP contribution in [0.3, 0.4) is 0 Å². The van der Waals surface area contributed by atoms with Gasteiger partial charge in [0.05, 0.1) is 0 Å². The van der Waals surface area contributed by atoms with Crippen molar-refractivity contribution in [2.24, 2.45) is 0 Å². The van der Waals surface area contributed by atoms with Crippen LogP contribution < -0.4 is 10.2 Å². The van der Waals surface area contributed by atoms with E-state index in [9.17, 15) is 0 Å². The Bertz CT molecular complexity index is 352. The molecule has 5 heteroatoms. The van der Waals surface area contributed by atoms with E-state index in [0.29, 0.717) is 6.04 Å². The van der Waals surface area contributed by atoms with E-state index in [1.807, 2.05) is 18.0 Å². The summed E-state index contributed by atoms with van der Waals surface area (Å²) in [5.74, 6) is 3.55. The molecule has 1 saturated heterocycles. The number of hydrogen-bond acceptors (Lipinski definition) is 5. The second-order valence-corrected chi connectivity index (χ2v) is 5.43. The largest absolute Gasteiger partial charge is 0.355 e. The Kier molecular flexibility index (Phi) is 4.62. The summed E-state index contributed by atoms with van der Waals surface area (Å²) in [6.45, 7) is 3.93. The van der Waals surface area contributed by atoms with Gasteiger partial charge in [-0.15, -0.1) is 0 Å². The van der Waals surface area contributed by atoms with Gasteiger partial charge in [0.15, 0.2) is 0 Å². The molecule has 1 aliphatic heterocycles. The van der Waals surface area contributed by atoms with Crippen LogP contribution in [-0.4, -0.2) is 41.1 Å². The molecule has 1 aromatic heterocycles. The highest BCUT2D eigenvalue weighted by atomic mass is 32.2. The minimum Gasteiger partial charge on any atom is -0.355 e. The summed E-state index contributed by atoms with van der Waals surface area (Å²) in [6, 6.07) is 0.621. The second kappa shape index (κ2) is 6.21. The Balaban J connectivity index is 2.12. The molecule has 0 bridgehead atoms. The number of rotatable bonds is 5. The maximum atomic E-state index is 4.44. The zero-order valence-electron chi connectivity index (χ0n) is 10.5. The normalized spacial score (nSPS) is 19.5. The highest BCUT2D eigenvalue weighted by molar-refractivity contribution is 7.99. The van der Waals surface area contributed by atoms with E-state index in [1.165, 1.54) is 23.5 Å². The molecule has 0 aromatic carbocycles. The Labute approximate surface area is 107 Å². The summed E-state index contributed by atoms with van der Waals surface area (Å²) >= 11 is 2.03. The van der Waals surface area contributed by atoms with Crippen LogP contribution in [0.4, 0.5) is 5.82 Å². The maximum absolute atomic E-state index is 4.44. The Morgan fingerprint density at radius 2 is 2.47 bits per heavy atom. The number of anilines is 1. The molecule has 2 heterocycles. The van der Waals surface area contributed by atoms with Crippen molar-refractivity contribution in [1.82, 2.24) is 15.3 Å². The highest BCUT2D eigenvalue weighted by Crippen LogP contribution is 2.26. The average Bonchev–Trinajstić information content (AvgIpc) is 2.89. The van der Waals surface area contributed by atoms with Crippen LogP contribution in [0.25, 0.3) is 0 Å². The van der Waals surface area contributed by atoms with Crippen molar-refractivity contribution in [3.63, 3.8) is 0 Å². The summed E-state index contributed by atoms with van der Waals surface area (Å²) < 4.78 is 0. The van der Waals surface area contributed by atoms with Gasteiger partial charge in [-0.1, -0.05) is 6.92 Å². The molecule has 0 radical (unpaired) electrons. The van der Waals surface area contributed by atoms with Crippen molar-refractivity contribution in [2.45, 2.75) is 25.9 Å². The molecule has 1 atom stereocenters. The van der Waals surface area contributed by atoms with Crippen molar-refractivity contribution in [2.75, 3.05) is 30.0 Å². The number of aromatic nitrogens is 2. The molecule has 1 aliphatic rings. The van der Waals surface area contributed by atoms with E-state index in [2.05, 4.69) is 34.2 Å². The number of hydrogen-bond donors (Lipinski definition) is 1. The Morgan fingerprint density at radius 1 is 1.59 bits per heavy atom. The summed E-state index contributed by atoms with van der Waals surface area (Å²) in [5.41, 5.74) is 1.19. The quantitative estimate of drug-likeness (QED) is 0.860. The van der Waals surface area contributed by atoms with Gasteiger partial charge in [-0.05, 0) is 18.7 Å². The molecule has 0 amide bonds. The van der Waals surface area contributed by atoms with Crippen LogP contribution in [0.2, 0.25) is 0 Å². The van der Waals surface area contributed by atoms with Crippen LogP contribution in [-0.2, 0) is 6.54 Å². The first-order valence-electron chi connectivity index (χ1n) is 6.13. The minimum atomic E-state index is 0.621. The molecule has 4 nitrogen and oxygen atoms in total. The van der Waals surface area contributed by atoms with Gasteiger partial charge in [-0.25, -0.2) is 9.97 Å². The van der Waals surface area contributed by atoms with E-state index in [0.717, 1.165) is 18.9 Å². The smallest absolute Gasteiger partial charge is 0.136 e. The van der Waals surface area contributed by atoms with E-state index in [4.69, 9.17) is 0 Å². The van der Waals surface area contributed by atoms with Crippen molar-refractivity contribution >= 4 is 17.6 Å². The molecule has 0 aliphatic carbocycles. The lowest BCUT2D eigenvalue weighted by Gasteiger charge is -2.26. The third-order valence-electron chi connectivity index (χ3n) is 3.12. The molecular weight excluding hydrogens is 232 g/mol. The fraction of sp³-hybridized carbons (Fsp3) is 0.667. The van der Waals surface area contributed by atoms with Gasteiger partial charge in [-0.2, -0.15) is 11.8 Å². The topological polar surface area (TPSA) is 41.1 Å². The van der Waals surface area contributed by atoms with Crippen LogP contribution >= 0.6 is 11.8 Å². The monoisotopic (exact) mass is 252 g/mol. The summed E-state index contributed by atoms with van der Waals surface area (Å²) in [5, 5.41) is 3.34. The van der Waals surface area contributed by atoms with Gasteiger partial charge in [0.2, 0.25) is 0 Å². The highest BCUT2D eigenvalue weighted by Gasteiger charge is 2.22. The minimum absolute atomic E-state index is 0.621. The van der Waals surface area contributed by atoms with Gasteiger partial charge in [0, 0.05) is 37.1 Å². The molecular formula is C12H20N4S. The zero-order valence-corrected chi connectivity index (χ0v) is 11.3. The first kappa shape index (κ1) is 12.6. The number of nitrogens with one attached hydrogen (secondary N) is 1. The summed E-state index contributed by atoms with van der Waals surface area (Å²) in [4.78, 5) is 10.9. The standard InChI is InChI=1S/C12H20N4S/c1-3-13-6-10-7-14-9-15-12(10)16(2)11-4-5-17-8-11/h7,9,11,13H,3-6,8H2,1-2H3. The van der Waals surface area contributed by atoms with Crippen LogP contribution in [0.1, 0.15) is 18.9 Å². The molecule has 0 spiro atoms. The number of thioether (sulfide) groups is 1. The Hall–Kier alpha value is -0.810. The fourth-order valence-electron chi connectivity index (χ4n) is 2.05. The average molecular weight is 252 g/mol. The first-order chi connectivity index (χ1) is 8.33. The van der Waals surface area contributed by atoms with Gasteiger partial charge in [-0.3, -0.25) is 0 Å². The molecule has 1 unspecified atom stereocenters. The zero-order chi connectivity index (χ0) is 12.1. The van der Waals surface area contributed by atoms with E-state index in [-0.39, 0.29) is 0 Å². The molecule has 2 rings (SSSR count). The predicted molar refractivity (Wildman–Crippen MR) is 73.5 cm³/mol. The fourth-order valence-corrected chi connectivity index (χ4v) is 3.32. The summed E-state index contributed by atoms with van der Waals surface area (Å²) in [6.07, 6.45) is 4.82. The molecule has 94 valence electrons. The lowest BCUT2D eigenvalue weighted by molar-refractivity contribution is 0.671. The van der Waals surface area contributed by atoms with Gasteiger partial charge < -0.3 is 10.2 Å². The SMILES string of the molecule is CCNCc1cncnc1N(C)C1CCSC1. The van der Waals surface area contributed by atoms with E-state index < -0.39 is 0 Å². The van der Waals surface area contributed by atoms with Crippen molar-refractivity contribution in [1.29, 1.82) is 0 Å². The molecule has 0 saturated carbocycles. The van der Waals surface area contributed by atoms with Crippen molar-refractivity contribution in [3.05, 3.63) is 18.1 Å². The van der Waals surface area contributed by atoms with Crippen molar-refractivity contribution in [3.8, 4) is 0 Å². The van der Waals surface area contributed by atoms with Crippen LogP contribution in [0.15, 0.2) is 12.5 Å². The molecule has 1 N–H and O–H groups in total. The summed E-state index contributed by atoms with van der Waals surface area (Å²) in [7, 11) is 2.15. The molecule has 17 heavy (non-hydrogen) atoms. The maximum Gasteiger partial charge on any atom is 0.136 e. The lowest BCUT2D eigenvalue weighted by atomic mass is 10.2. The van der Waals surface area contributed by atoms with Gasteiger partial charge >= 0.3 is 0 Å². The predicted octanol–water partition coefficient (Wildman–Crippen LogP) is 1.53. The van der Waals surface area contributed by atoms with Crippen LogP contribution in [0.5, 0.6) is 0 Å². The van der Waals surface area contributed by atoms with E-state index in [1.54, 1.807) is 6.33 Å². The van der Waals surface area contributed by atoms with E-state index >= 15 is 0 Å². The molecule has 1 fully saturated rings.